The van der Waals surface area contributed by atoms with Crippen LogP contribution >= 0.6 is 0 Å². The Hall–Kier alpha value is -2.29. The molecule has 0 aliphatic carbocycles. The largest absolute Gasteiger partial charge is 0.481 e. The summed E-state index contributed by atoms with van der Waals surface area (Å²) >= 11 is 0. The molecule has 2 aromatic rings. The molecule has 23 heavy (non-hydrogen) atoms. The Kier molecular flexibility index (Phi) is 5.43. The van der Waals surface area contributed by atoms with E-state index in [1.165, 1.54) is 11.1 Å². The van der Waals surface area contributed by atoms with Crippen molar-refractivity contribution in [1.29, 1.82) is 0 Å². The average molecular weight is 311 g/mol. The van der Waals surface area contributed by atoms with Crippen LogP contribution in [0.1, 0.15) is 42.1 Å². The van der Waals surface area contributed by atoms with E-state index < -0.39 is 6.10 Å². The number of hydrogen-bond acceptors (Lipinski definition) is 2. The van der Waals surface area contributed by atoms with Crippen LogP contribution in [0.3, 0.4) is 0 Å². The lowest BCUT2D eigenvalue weighted by Crippen LogP contribution is -2.37. The van der Waals surface area contributed by atoms with Crippen molar-refractivity contribution in [3.8, 4) is 5.75 Å². The van der Waals surface area contributed by atoms with E-state index in [1.54, 1.807) is 6.92 Å². The first-order valence-corrected chi connectivity index (χ1v) is 7.98. The zero-order chi connectivity index (χ0) is 17.0. The smallest absolute Gasteiger partial charge is 0.261 e. The molecule has 1 N–H and O–H groups in total. The molecular formula is C20H25NO2. The molecule has 2 rings (SSSR count). The summed E-state index contributed by atoms with van der Waals surface area (Å²) in [6.07, 6.45) is -0.537. The van der Waals surface area contributed by atoms with Crippen LogP contribution in [0, 0.1) is 20.8 Å². The number of carbonyl (C=O) groups excluding carboxylic acids is 1. The molecule has 0 aliphatic rings. The topological polar surface area (TPSA) is 38.3 Å². The fourth-order valence-corrected chi connectivity index (χ4v) is 2.38. The molecule has 0 unspecified atom stereocenters. The van der Waals surface area contributed by atoms with E-state index in [1.807, 2.05) is 38.1 Å². The number of para-hydroxylation sites is 1. The van der Waals surface area contributed by atoms with Gasteiger partial charge in [-0.2, -0.15) is 0 Å². The molecule has 0 radical (unpaired) electrons. The lowest BCUT2D eigenvalue weighted by Gasteiger charge is -2.20. The minimum Gasteiger partial charge on any atom is -0.481 e. The minimum atomic E-state index is -0.537. The Morgan fingerprint density at radius 3 is 2.30 bits per heavy atom. The third kappa shape index (κ3) is 4.35. The maximum Gasteiger partial charge on any atom is 0.261 e. The van der Waals surface area contributed by atoms with E-state index in [2.05, 4.69) is 37.4 Å². The highest BCUT2D eigenvalue weighted by Crippen LogP contribution is 2.19. The quantitative estimate of drug-likeness (QED) is 0.896. The number of benzene rings is 2. The fourth-order valence-electron chi connectivity index (χ4n) is 2.38. The van der Waals surface area contributed by atoms with Crippen molar-refractivity contribution >= 4 is 5.91 Å². The predicted molar refractivity (Wildman–Crippen MR) is 93.7 cm³/mol. The number of amides is 1. The molecule has 0 spiro atoms. The van der Waals surface area contributed by atoms with E-state index in [0.717, 1.165) is 16.9 Å². The molecule has 2 atom stereocenters. The van der Waals surface area contributed by atoms with Crippen molar-refractivity contribution in [2.45, 2.75) is 46.8 Å². The number of rotatable bonds is 5. The Morgan fingerprint density at radius 2 is 1.65 bits per heavy atom. The van der Waals surface area contributed by atoms with Crippen LogP contribution in [0.5, 0.6) is 5.75 Å². The zero-order valence-electron chi connectivity index (χ0n) is 14.5. The van der Waals surface area contributed by atoms with E-state index in [9.17, 15) is 4.79 Å². The van der Waals surface area contributed by atoms with Crippen LogP contribution < -0.4 is 10.1 Å². The van der Waals surface area contributed by atoms with Gasteiger partial charge in [0.25, 0.3) is 5.91 Å². The summed E-state index contributed by atoms with van der Waals surface area (Å²) in [6.45, 7) is 9.90. The van der Waals surface area contributed by atoms with Gasteiger partial charge in [-0.3, -0.25) is 4.79 Å². The van der Waals surface area contributed by atoms with Crippen LogP contribution in [-0.4, -0.2) is 12.0 Å². The normalized spacial score (nSPS) is 13.3. The summed E-state index contributed by atoms with van der Waals surface area (Å²) in [4.78, 5) is 12.4. The SMILES string of the molecule is Cc1ccc([C@H](C)NC(=O)[C@H](C)Oc2ccccc2C)cc1C. The Bertz CT molecular complexity index is 694. The summed E-state index contributed by atoms with van der Waals surface area (Å²) in [6, 6.07) is 13.9. The predicted octanol–water partition coefficient (Wildman–Crippen LogP) is 4.26. The monoisotopic (exact) mass is 311 g/mol. The molecule has 0 saturated heterocycles. The number of ether oxygens (including phenoxy) is 1. The summed E-state index contributed by atoms with van der Waals surface area (Å²) in [7, 11) is 0. The van der Waals surface area contributed by atoms with Crippen molar-refractivity contribution in [2.75, 3.05) is 0 Å². The molecule has 0 saturated carbocycles. The molecule has 0 aliphatic heterocycles. The van der Waals surface area contributed by atoms with Gasteiger partial charge in [-0.15, -0.1) is 0 Å². The van der Waals surface area contributed by atoms with Gasteiger partial charge in [-0.1, -0.05) is 36.4 Å². The minimum absolute atomic E-state index is 0.0512. The lowest BCUT2D eigenvalue weighted by atomic mass is 10.0. The number of nitrogens with one attached hydrogen (secondary N) is 1. The molecule has 0 heterocycles. The van der Waals surface area contributed by atoms with Crippen LogP contribution in [0.2, 0.25) is 0 Å². The first kappa shape index (κ1) is 17.1. The lowest BCUT2D eigenvalue weighted by molar-refractivity contribution is -0.127. The van der Waals surface area contributed by atoms with E-state index in [4.69, 9.17) is 4.74 Å². The molecule has 1 amide bonds. The second-order valence-corrected chi connectivity index (χ2v) is 6.10. The van der Waals surface area contributed by atoms with Crippen molar-refractivity contribution in [1.82, 2.24) is 5.32 Å². The molecule has 2 aromatic carbocycles. The van der Waals surface area contributed by atoms with Gasteiger partial charge in [-0.05, 0) is 62.9 Å². The summed E-state index contributed by atoms with van der Waals surface area (Å²) in [5.41, 5.74) is 4.61. The zero-order valence-corrected chi connectivity index (χ0v) is 14.5. The molecule has 0 fully saturated rings. The molecule has 122 valence electrons. The molecular weight excluding hydrogens is 286 g/mol. The van der Waals surface area contributed by atoms with E-state index in [0.29, 0.717) is 0 Å². The first-order valence-electron chi connectivity index (χ1n) is 7.98. The van der Waals surface area contributed by atoms with Gasteiger partial charge in [0.15, 0.2) is 6.10 Å². The highest BCUT2D eigenvalue weighted by Gasteiger charge is 2.18. The summed E-state index contributed by atoms with van der Waals surface area (Å²) in [5.74, 6) is 0.632. The van der Waals surface area contributed by atoms with Crippen molar-refractivity contribution in [3.63, 3.8) is 0 Å². The molecule has 0 aromatic heterocycles. The second kappa shape index (κ2) is 7.32. The maximum absolute atomic E-state index is 12.4. The van der Waals surface area contributed by atoms with Crippen LogP contribution in [0.25, 0.3) is 0 Å². The van der Waals surface area contributed by atoms with Gasteiger partial charge in [-0.25, -0.2) is 0 Å². The van der Waals surface area contributed by atoms with Gasteiger partial charge >= 0.3 is 0 Å². The third-order valence-corrected chi connectivity index (χ3v) is 4.16. The molecule has 0 bridgehead atoms. The van der Waals surface area contributed by atoms with Crippen molar-refractivity contribution in [3.05, 3.63) is 64.7 Å². The number of carbonyl (C=O) groups is 1. The van der Waals surface area contributed by atoms with E-state index >= 15 is 0 Å². The standard InChI is InChI=1S/C20H25NO2/c1-13-10-11-18(12-15(13)3)16(4)21-20(22)17(5)23-19-9-7-6-8-14(19)2/h6-12,16-17H,1-5H3,(H,21,22)/t16-,17-/m0/s1. The van der Waals surface area contributed by atoms with Gasteiger partial charge in [0.05, 0.1) is 6.04 Å². The van der Waals surface area contributed by atoms with Gasteiger partial charge in [0, 0.05) is 0 Å². The second-order valence-electron chi connectivity index (χ2n) is 6.10. The van der Waals surface area contributed by atoms with Gasteiger partial charge in [0.2, 0.25) is 0 Å². The van der Waals surface area contributed by atoms with Crippen LogP contribution in [-0.2, 0) is 4.79 Å². The van der Waals surface area contributed by atoms with Gasteiger partial charge in [0.1, 0.15) is 5.75 Å². The maximum atomic E-state index is 12.4. The number of aryl methyl sites for hydroxylation is 3. The Morgan fingerprint density at radius 1 is 0.957 bits per heavy atom. The third-order valence-electron chi connectivity index (χ3n) is 4.16. The molecule has 3 nitrogen and oxygen atoms in total. The summed E-state index contributed by atoms with van der Waals surface area (Å²) < 4.78 is 5.77. The van der Waals surface area contributed by atoms with Crippen LogP contribution in [0.15, 0.2) is 42.5 Å². The van der Waals surface area contributed by atoms with Gasteiger partial charge < -0.3 is 10.1 Å². The molecule has 3 heteroatoms. The fraction of sp³-hybridized carbons (Fsp3) is 0.350. The summed E-state index contributed by atoms with van der Waals surface area (Å²) in [5, 5.41) is 3.02. The first-order chi connectivity index (χ1) is 10.9. The van der Waals surface area contributed by atoms with E-state index in [-0.39, 0.29) is 11.9 Å². The van der Waals surface area contributed by atoms with Crippen molar-refractivity contribution in [2.24, 2.45) is 0 Å². The average Bonchev–Trinajstić information content (AvgIpc) is 2.52. The van der Waals surface area contributed by atoms with Crippen LogP contribution in [0.4, 0.5) is 0 Å². The number of hydrogen-bond donors (Lipinski definition) is 1. The highest BCUT2D eigenvalue weighted by molar-refractivity contribution is 5.81. The van der Waals surface area contributed by atoms with Crippen molar-refractivity contribution < 1.29 is 9.53 Å². The Balaban J connectivity index is 2.00. The Labute approximate surface area is 138 Å². The highest BCUT2D eigenvalue weighted by atomic mass is 16.5.